The van der Waals surface area contributed by atoms with E-state index >= 15 is 0 Å². The zero-order valence-corrected chi connectivity index (χ0v) is 13.1. The molecule has 5 nitrogen and oxygen atoms in total. The molecule has 0 aliphatic heterocycles. The Hall–Kier alpha value is -1.18. The Morgan fingerprint density at radius 2 is 2.05 bits per heavy atom. The molecule has 19 heavy (non-hydrogen) atoms. The van der Waals surface area contributed by atoms with Gasteiger partial charge in [-0.05, 0) is 50.1 Å². The van der Waals surface area contributed by atoms with Crippen LogP contribution in [-0.4, -0.2) is 9.91 Å². The molecule has 0 aliphatic rings. The van der Waals surface area contributed by atoms with Crippen molar-refractivity contribution in [1.29, 1.82) is 0 Å². The summed E-state index contributed by atoms with van der Waals surface area (Å²) in [6.45, 7) is 0. The molecule has 0 bridgehead atoms. The van der Waals surface area contributed by atoms with Crippen LogP contribution >= 0.6 is 43.5 Å². The Balaban J connectivity index is 2.40. The molecule has 0 aliphatic carbocycles. The topological polar surface area (TPSA) is 65.3 Å². The van der Waals surface area contributed by atoms with Crippen LogP contribution in [-0.2, 0) is 0 Å². The highest BCUT2D eigenvalue weighted by atomic mass is 79.9. The number of pyridine rings is 1. The number of hydrogen-bond acceptors (Lipinski definition) is 4. The molecular weight excluding hydrogens is 403 g/mol. The van der Waals surface area contributed by atoms with Crippen molar-refractivity contribution in [3.63, 3.8) is 0 Å². The van der Waals surface area contributed by atoms with Gasteiger partial charge in [0.1, 0.15) is 0 Å². The monoisotopic (exact) mass is 406 g/mol. The van der Waals surface area contributed by atoms with Gasteiger partial charge in [0.15, 0.2) is 0 Å². The maximum absolute atomic E-state index is 10.9. The molecule has 1 heterocycles. The van der Waals surface area contributed by atoms with Crippen LogP contribution in [0.3, 0.4) is 0 Å². The summed E-state index contributed by atoms with van der Waals surface area (Å²) >= 11 is 12.2. The van der Waals surface area contributed by atoms with Gasteiger partial charge in [0.05, 0.1) is 9.40 Å². The first-order valence-electron chi connectivity index (χ1n) is 4.90. The molecule has 2 aromatic rings. The van der Waals surface area contributed by atoms with Gasteiger partial charge in [0, 0.05) is 21.8 Å². The van der Waals surface area contributed by atoms with Crippen LogP contribution in [0.5, 0.6) is 11.6 Å². The van der Waals surface area contributed by atoms with Gasteiger partial charge in [-0.25, -0.2) is 4.98 Å². The molecule has 1 aromatic heterocycles. The van der Waals surface area contributed by atoms with Crippen molar-refractivity contribution in [3.05, 3.63) is 54.5 Å². The average molecular weight is 408 g/mol. The van der Waals surface area contributed by atoms with Crippen molar-refractivity contribution in [2.24, 2.45) is 0 Å². The average Bonchev–Trinajstić information content (AvgIpc) is 2.34. The maximum Gasteiger partial charge on any atom is 0.313 e. The fourth-order valence-electron chi connectivity index (χ4n) is 1.30. The third-order valence-electron chi connectivity index (χ3n) is 2.10. The predicted molar refractivity (Wildman–Crippen MR) is 77.8 cm³/mol. The summed E-state index contributed by atoms with van der Waals surface area (Å²) in [5.41, 5.74) is -0.218. The SMILES string of the molecule is O=[N+]([O-])c1cc(Cl)ccc1Oc1ncc(Br)cc1Br. The highest BCUT2D eigenvalue weighted by Crippen LogP contribution is 2.35. The number of nitro benzene ring substituents is 1. The molecule has 0 atom stereocenters. The van der Waals surface area contributed by atoms with Gasteiger partial charge in [0.2, 0.25) is 11.6 Å². The summed E-state index contributed by atoms with van der Waals surface area (Å²) in [7, 11) is 0. The van der Waals surface area contributed by atoms with Gasteiger partial charge in [-0.1, -0.05) is 11.6 Å². The molecule has 0 saturated heterocycles. The largest absolute Gasteiger partial charge is 0.431 e. The quantitative estimate of drug-likeness (QED) is 0.532. The fraction of sp³-hybridized carbons (Fsp3) is 0. The van der Waals surface area contributed by atoms with Crippen LogP contribution in [0, 0.1) is 10.1 Å². The Morgan fingerprint density at radius 3 is 2.68 bits per heavy atom. The lowest BCUT2D eigenvalue weighted by atomic mass is 10.3. The van der Waals surface area contributed by atoms with Gasteiger partial charge in [0.25, 0.3) is 0 Å². The van der Waals surface area contributed by atoms with Crippen molar-refractivity contribution in [1.82, 2.24) is 4.98 Å². The zero-order chi connectivity index (χ0) is 14.0. The molecule has 98 valence electrons. The number of aromatic nitrogens is 1. The summed E-state index contributed by atoms with van der Waals surface area (Å²) in [6.07, 6.45) is 1.53. The van der Waals surface area contributed by atoms with Crippen LogP contribution in [0.2, 0.25) is 5.02 Å². The number of halogens is 3. The van der Waals surface area contributed by atoms with Gasteiger partial charge >= 0.3 is 5.69 Å². The molecule has 2 rings (SSSR count). The van der Waals surface area contributed by atoms with E-state index in [1.807, 2.05) is 0 Å². The van der Waals surface area contributed by atoms with Gasteiger partial charge in [-0.3, -0.25) is 10.1 Å². The minimum atomic E-state index is -0.562. The van der Waals surface area contributed by atoms with Crippen LogP contribution in [0.15, 0.2) is 39.4 Å². The van der Waals surface area contributed by atoms with Gasteiger partial charge in [-0.15, -0.1) is 0 Å². The lowest BCUT2D eigenvalue weighted by Crippen LogP contribution is -1.95. The minimum Gasteiger partial charge on any atom is -0.431 e. The molecule has 0 radical (unpaired) electrons. The van der Waals surface area contributed by atoms with E-state index in [0.717, 1.165) is 4.47 Å². The first-order valence-corrected chi connectivity index (χ1v) is 6.86. The Morgan fingerprint density at radius 1 is 1.32 bits per heavy atom. The zero-order valence-electron chi connectivity index (χ0n) is 9.14. The van der Waals surface area contributed by atoms with E-state index in [-0.39, 0.29) is 22.3 Å². The molecule has 8 heteroatoms. The fourth-order valence-corrected chi connectivity index (χ4v) is 2.54. The standard InChI is InChI=1S/C11H5Br2ClN2O3/c12-6-3-8(13)11(15-5-6)19-10-2-1-7(14)4-9(10)16(17)18/h1-5H. The van der Waals surface area contributed by atoms with Gasteiger partial charge < -0.3 is 4.74 Å². The van der Waals surface area contributed by atoms with Crippen molar-refractivity contribution in [2.45, 2.75) is 0 Å². The van der Waals surface area contributed by atoms with Crippen molar-refractivity contribution >= 4 is 49.1 Å². The molecule has 0 N–H and O–H groups in total. The highest BCUT2D eigenvalue weighted by Gasteiger charge is 2.18. The van der Waals surface area contributed by atoms with E-state index in [9.17, 15) is 10.1 Å². The number of hydrogen-bond donors (Lipinski definition) is 0. The number of ether oxygens (including phenoxy) is 1. The molecule has 0 spiro atoms. The maximum atomic E-state index is 10.9. The van der Waals surface area contributed by atoms with Crippen LogP contribution in [0.4, 0.5) is 5.69 Å². The summed E-state index contributed by atoms with van der Waals surface area (Å²) < 4.78 is 6.77. The van der Waals surface area contributed by atoms with Crippen LogP contribution < -0.4 is 4.74 Å². The number of nitro groups is 1. The lowest BCUT2D eigenvalue weighted by molar-refractivity contribution is -0.385. The van der Waals surface area contributed by atoms with E-state index in [1.54, 1.807) is 6.07 Å². The van der Waals surface area contributed by atoms with Crippen LogP contribution in [0.1, 0.15) is 0 Å². The normalized spacial score (nSPS) is 10.3. The third kappa shape index (κ3) is 3.43. The third-order valence-corrected chi connectivity index (χ3v) is 3.34. The second kappa shape index (κ2) is 5.85. The highest BCUT2D eigenvalue weighted by molar-refractivity contribution is 9.11. The molecular formula is C11H5Br2ClN2O3. The van der Waals surface area contributed by atoms with E-state index in [4.69, 9.17) is 16.3 Å². The van der Waals surface area contributed by atoms with Crippen molar-refractivity contribution in [3.8, 4) is 11.6 Å². The Bertz CT molecular complexity index is 652. The number of nitrogens with zero attached hydrogens (tertiary/aromatic N) is 2. The Kier molecular flexibility index (Phi) is 4.38. The van der Waals surface area contributed by atoms with Crippen LogP contribution in [0.25, 0.3) is 0 Å². The van der Waals surface area contributed by atoms with E-state index in [1.165, 1.54) is 24.4 Å². The van der Waals surface area contributed by atoms with E-state index < -0.39 is 4.92 Å². The molecule has 0 saturated carbocycles. The van der Waals surface area contributed by atoms with E-state index in [2.05, 4.69) is 36.8 Å². The molecule has 0 amide bonds. The summed E-state index contributed by atoms with van der Waals surface area (Å²) in [6, 6.07) is 5.89. The first kappa shape index (κ1) is 14.2. The first-order chi connectivity index (χ1) is 8.97. The predicted octanol–water partition coefficient (Wildman–Crippen LogP) is 4.96. The summed E-state index contributed by atoms with van der Waals surface area (Å²) in [5, 5.41) is 11.2. The summed E-state index contributed by atoms with van der Waals surface area (Å²) in [4.78, 5) is 14.4. The summed E-state index contributed by atoms with van der Waals surface area (Å²) in [5.74, 6) is 0.304. The lowest BCUT2D eigenvalue weighted by Gasteiger charge is -2.07. The number of benzene rings is 1. The minimum absolute atomic E-state index is 0.0740. The smallest absolute Gasteiger partial charge is 0.313 e. The Labute approximate surface area is 130 Å². The number of rotatable bonds is 3. The van der Waals surface area contributed by atoms with Crippen molar-refractivity contribution < 1.29 is 9.66 Å². The van der Waals surface area contributed by atoms with Gasteiger partial charge in [-0.2, -0.15) is 0 Å². The second-order valence-electron chi connectivity index (χ2n) is 3.41. The molecule has 0 unspecified atom stereocenters. The molecule has 1 aromatic carbocycles. The van der Waals surface area contributed by atoms with E-state index in [0.29, 0.717) is 4.47 Å². The molecule has 0 fully saturated rings. The second-order valence-corrected chi connectivity index (χ2v) is 5.62. The van der Waals surface area contributed by atoms with Crippen molar-refractivity contribution in [2.75, 3.05) is 0 Å².